The Morgan fingerprint density at radius 2 is 1.76 bits per heavy atom. The molecule has 2 amide bonds. The Morgan fingerprint density at radius 3 is 2.34 bits per heavy atom. The summed E-state index contributed by atoms with van der Waals surface area (Å²) in [5.41, 5.74) is 4.09. The molecule has 2 aromatic rings. The Balaban J connectivity index is 1.63. The minimum atomic E-state index is -0.543. The van der Waals surface area contributed by atoms with Crippen molar-refractivity contribution < 1.29 is 14.5 Å². The van der Waals surface area contributed by atoms with Gasteiger partial charge in [-0.3, -0.25) is 19.7 Å². The predicted octanol–water partition coefficient (Wildman–Crippen LogP) is 3.46. The van der Waals surface area contributed by atoms with Crippen molar-refractivity contribution in [2.24, 2.45) is 0 Å². The number of carbonyl (C=O) groups is 2. The fourth-order valence-electron chi connectivity index (χ4n) is 3.22. The third-order valence-electron chi connectivity index (χ3n) is 4.74. The molecule has 0 aliphatic heterocycles. The lowest BCUT2D eigenvalue weighted by molar-refractivity contribution is -0.384. The lowest BCUT2D eigenvalue weighted by Crippen LogP contribution is -2.33. The number of benzene rings is 2. The summed E-state index contributed by atoms with van der Waals surface area (Å²) in [4.78, 5) is 35.4. The number of nitrogens with one attached hydrogen (secondary N) is 3. The van der Waals surface area contributed by atoms with E-state index < -0.39 is 10.8 Å². The highest BCUT2D eigenvalue weighted by molar-refractivity contribution is 6.00. The second-order valence-electron chi connectivity index (χ2n) is 7.41. The first-order chi connectivity index (χ1) is 13.7. The summed E-state index contributed by atoms with van der Waals surface area (Å²) in [5, 5.41) is 19.7. The van der Waals surface area contributed by atoms with Crippen molar-refractivity contribution in [3.8, 4) is 0 Å². The van der Waals surface area contributed by atoms with Crippen LogP contribution in [-0.4, -0.2) is 29.3 Å². The number of amides is 2. The standard InChI is InChI=1S/C21H24N4O4/c1-12-8-13(2)20(14(3)9-12)24-19(26)11-22-21(27)15-4-7-17(23-16-5-6-16)18(10-15)25(28)29/h4,7-10,16,23H,5-6,11H2,1-3H3,(H,22,27)(H,24,26). The average Bonchev–Trinajstić information content (AvgIpc) is 3.46. The van der Waals surface area contributed by atoms with Gasteiger partial charge >= 0.3 is 0 Å². The Labute approximate surface area is 168 Å². The Kier molecular flexibility index (Phi) is 5.81. The molecule has 0 saturated heterocycles. The average molecular weight is 396 g/mol. The van der Waals surface area contributed by atoms with E-state index in [1.807, 2.05) is 32.9 Å². The molecule has 1 aliphatic rings. The van der Waals surface area contributed by atoms with Gasteiger partial charge in [0.15, 0.2) is 0 Å². The molecule has 0 aromatic heterocycles. The fraction of sp³-hybridized carbons (Fsp3) is 0.333. The Hall–Kier alpha value is -3.42. The molecule has 3 rings (SSSR count). The van der Waals surface area contributed by atoms with Crippen LogP contribution in [0.4, 0.5) is 17.1 Å². The number of hydrogen-bond donors (Lipinski definition) is 3. The van der Waals surface area contributed by atoms with Gasteiger partial charge in [-0.05, 0) is 56.9 Å². The van der Waals surface area contributed by atoms with Gasteiger partial charge in [-0.2, -0.15) is 0 Å². The van der Waals surface area contributed by atoms with Crippen LogP contribution >= 0.6 is 0 Å². The molecule has 0 bridgehead atoms. The SMILES string of the molecule is Cc1cc(C)c(NC(=O)CNC(=O)c2ccc(NC3CC3)c([N+](=O)[O-])c2)c(C)c1. The van der Waals surface area contributed by atoms with E-state index in [4.69, 9.17) is 0 Å². The first-order valence-corrected chi connectivity index (χ1v) is 9.45. The molecular formula is C21H24N4O4. The normalized spacial score (nSPS) is 12.9. The van der Waals surface area contributed by atoms with Gasteiger partial charge in [0.05, 0.1) is 11.5 Å². The van der Waals surface area contributed by atoms with Crippen LogP contribution in [-0.2, 0) is 4.79 Å². The maximum Gasteiger partial charge on any atom is 0.293 e. The van der Waals surface area contributed by atoms with Crippen LogP contribution in [0.1, 0.15) is 39.9 Å². The number of aryl methyl sites for hydroxylation is 3. The number of nitro benzene ring substituents is 1. The van der Waals surface area contributed by atoms with E-state index in [0.29, 0.717) is 5.69 Å². The summed E-state index contributed by atoms with van der Waals surface area (Å²) in [6.45, 7) is 5.56. The summed E-state index contributed by atoms with van der Waals surface area (Å²) < 4.78 is 0. The van der Waals surface area contributed by atoms with Gasteiger partial charge in [-0.25, -0.2) is 0 Å². The molecule has 1 aliphatic carbocycles. The molecule has 1 fully saturated rings. The van der Waals surface area contributed by atoms with Gasteiger partial charge < -0.3 is 16.0 Å². The van der Waals surface area contributed by atoms with Gasteiger partial charge in [0.2, 0.25) is 5.91 Å². The fourth-order valence-corrected chi connectivity index (χ4v) is 3.22. The van der Waals surface area contributed by atoms with E-state index in [2.05, 4.69) is 16.0 Å². The molecule has 3 N–H and O–H groups in total. The lowest BCUT2D eigenvalue weighted by atomic mass is 10.1. The summed E-state index contributed by atoms with van der Waals surface area (Å²) >= 11 is 0. The van der Waals surface area contributed by atoms with Crippen molar-refractivity contribution in [2.45, 2.75) is 39.7 Å². The molecule has 2 aromatic carbocycles. The quantitative estimate of drug-likeness (QED) is 0.490. The molecule has 1 saturated carbocycles. The molecule has 8 heteroatoms. The molecule has 0 heterocycles. The van der Waals surface area contributed by atoms with Gasteiger partial charge in [-0.15, -0.1) is 0 Å². The van der Waals surface area contributed by atoms with Crippen LogP contribution in [0.15, 0.2) is 30.3 Å². The zero-order chi connectivity index (χ0) is 21.1. The molecule has 0 unspecified atom stereocenters. The van der Waals surface area contributed by atoms with Crippen LogP contribution in [0.25, 0.3) is 0 Å². The van der Waals surface area contributed by atoms with Crippen molar-refractivity contribution in [3.63, 3.8) is 0 Å². The van der Waals surface area contributed by atoms with Crippen LogP contribution in [0.2, 0.25) is 0 Å². The minimum absolute atomic E-state index is 0.133. The zero-order valence-electron chi connectivity index (χ0n) is 16.7. The van der Waals surface area contributed by atoms with E-state index in [-0.39, 0.29) is 29.7 Å². The van der Waals surface area contributed by atoms with Crippen molar-refractivity contribution in [3.05, 3.63) is 62.7 Å². The third-order valence-corrected chi connectivity index (χ3v) is 4.74. The second kappa shape index (κ2) is 8.30. The molecule has 8 nitrogen and oxygen atoms in total. The number of nitrogens with zero attached hydrogens (tertiary/aromatic N) is 1. The first kappa shape index (κ1) is 20.3. The van der Waals surface area contributed by atoms with E-state index >= 15 is 0 Å². The van der Waals surface area contributed by atoms with Gasteiger partial charge in [-0.1, -0.05) is 17.7 Å². The largest absolute Gasteiger partial charge is 0.377 e. The molecule has 0 spiro atoms. The molecular weight excluding hydrogens is 372 g/mol. The van der Waals surface area contributed by atoms with Gasteiger partial charge in [0.25, 0.3) is 11.6 Å². The number of anilines is 2. The Bertz CT molecular complexity index is 960. The lowest BCUT2D eigenvalue weighted by Gasteiger charge is -2.13. The smallest absolute Gasteiger partial charge is 0.293 e. The first-order valence-electron chi connectivity index (χ1n) is 9.45. The molecule has 152 valence electrons. The van der Waals surface area contributed by atoms with Crippen LogP contribution in [0.3, 0.4) is 0 Å². The maximum atomic E-state index is 12.4. The Morgan fingerprint density at radius 1 is 1.10 bits per heavy atom. The van der Waals surface area contributed by atoms with Crippen molar-refractivity contribution in [2.75, 3.05) is 17.2 Å². The highest BCUT2D eigenvalue weighted by Gasteiger charge is 2.25. The van der Waals surface area contributed by atoms with Crippen molar-refractivity contribution in [1.29, 1.82) is 0 Å². The van der Waals surface area contributed by atoms with Crippen LogP contribution in [0.5, 0.6) is 0 Å². The zero-order valence-corrected chi connectivity index (χ0v) is 16.7. The summed E-state index contributed by atoms with van der Waals surface area (Å²) in [5.74, 6) is -0.909. The highest BCUT2D eigenvalue weighted by Crippen LogP contribution is 2.31. The van der Waals surface area contributed by atoms with Gasteiger partial charge in [0.1, 0.15) is 5.69 Å². The van der Waals surface area contributed by atoms with Crippen LogP contribution in [0, 0.1) is 30.9 Å². The number of rotatable bonds is 7. The predicted molar refractivity (Wildman–Crippen MR) is 111 cm³/mol. The summed E-state index contributed by atoms with van der Waals surface area (Å²) in [6.07, 6.45) is 1.96. The van der Waals surface area contributed by atoms with Crippen molar-refractivity contribution >= 4 is 28.9 Å². The third kappa shape index (κ3) is 5.10. The molecule has 29 heavy (non-hydrogen) atoms. The monoisotopic (exact) mass is 396 g/mol. The van der Waals surface area contributed by atoms with Crippen molar-refractivity contribution in [1.82, 2.24) is 5.32 Å². The number of nitro groups is 1. The maximum absolute atomic E-state index is 12.4. The van der Waals surface area contributed by atoms with Gasteiger partial charge in [0, 0.05) is 23.4 Å². The summed E-state index contributed by atoms with van der Waals surface area (Å²) in [6, 6.07) is 8.47. The highest BCUT2D eigenvalue weighted by atomic mass is 16.6. The summed E-state index contributed by atoms with van der Waals surface area (Å²) in [7, 11) is 0. The number of carbonyl (C=O) groups excluding carboxylic acids is 2. The minimum Gasteiger partial charge on any atom is -0.377 e. The molecule has 0 radical (unpaired) electrons. The number of hydrogen-bond acceptors (Lipinski definition) is 5. The topological polar surface area (TPSA) is 113 Å². The van der Waals surface area contributed by atoms with Crippen LogP contribution < -0.4 is 16.0 Å². The van der Waals surface area contributed by atoms with E-state index in [1.54, 1.807) is 0 Å². The van der Waals surface area contributed by atoms with E-state index in [1.165, 1.54) is 18.2 Å². The van der Waals surface area contributed by atoms with E-state index in [0.717, 1.165) is 35.2 Å². The molecule has 0 atom stereocenters. The van der Waals surface area contributed by atoms with E-state index in [9.17, 15) is 19.7 Å². The second-order valence-corrected chi connectivity index (χ2v) is 7.41.